The summed E-state index contributed by atoms with van der Waals surface area (Å²) in [5.74, 6) is -1.15. The van der Waals surface area contributed by atoms with Gasteiger partial charge in [0, 0.05) is 12.2 Å². The van der Waals surface area contributed by atoms with Crippen LogP contribution < -0.4 is 4.90 Å². The predicted molar refractivity (Wildman–Crippen MR) is 55.2 cm³/mol. The van der Waals surface area contributed by atoms with Gasteiger partial charge in [-0.25, -0.2) is 0 Å². The molecule has 0 fully saturated rings. The average molecular weight is 213 g/mol. The first-order valence-corrected chi connectivity index (χ1v) is 4.72. The zero-order valence-electron chi connectivity index (χ0n) is 8.71. The van der Waals surface area contributed by atoms with Gasteiger partial charge < -0.3 is 4.90 Å². The highest BCUT2D eigenvalue weighted by Gasteiger charge is 2.23. The number of aryl methyl sites for hydroxylation is 1. The number of nitrogens with zero attached hydrogens (tertiary/aromatic N) is 1. The molecular formula is C11H13F2NO. The van der Waals surface area contributed by atoms with Crippen LogP contribution in [0.2, 0.25) is 0 Å². The van der Waals surface area contributed by atoms with E-state index >= 15 is 0 Å². The van der Waals surface area contributed by atoms with E-state index in [0.717, 1.165) is 10.5 Å². The number of halogens is 2. The van der Waals surface area contributed by atoms with E-state index in [1.807, 2.05) is 13.0 Å². The molecule has 0 bridgehead atoms. The van der Waals surface area contributed by atoms with E-state index < -0.39 is 12.3 Å². The molecule has 0 aliphatic carbocycles. The molecule has 1 aromatic carbocycles. The molecular weight excluding hydrogens is 200 g/mol. The van der Waals surface area contributed by atoms with E-state index in [9.17, 15) is 13.6 Å². The van der Waals surface area contributed by atoms with Gasteiger partial charge in [-0.1, -0.05) is 12.1 Å². The SMILES string of the molecule is CCN(C(=O)C(F)F)c1cccc(C)c1. The first-order valence-electron chi connectivity index (χ1n) is 4.72. The number of hydrogen-bond acceptors (Lipinski definition) is 1. The number of carbonyl (C=O) groups excluding carboxylic acids is 1. The van der Waals surface area contributed by atoms with Crippen molar-refractivity contribution in [3.63, 3.8) is 0 Å². The first kappa shape index (κ1) is 11.6. The zero-order valence-corrected chi connectivity index (χ0v) is 8.71. The van der Waals surface area contributed by atoms with Gasteiger partial charge in [-0.3, -0.25) is 4.79 Å². The van der Waals surface area contributed by atoms with Crippen molar-refractivity contribution in [3.8, 4) is 0 Å². The highest BCUT2D eigenvalue weighted by Crippen LogP contribution is 2.17. The third-order valence-electron chi connectivity index (χ3n) is 2.08. The average Bonchev–Trinajstić information content (AvgIpc) is 2.18. The second kappa shape index (κ2) is 4.87. The minimum Gasteiger partial charge on any atom is -0.308 e. The quantitative estimate of drug-likeness (QED) is 0.755. The fourth-order valence-corrected chi connectivity index (χ4v) is 1.38. The summed E-state index contributed by atoms with van der Waals surface area (Å²) in [6.45, 7) is 3.76. The van der Waals surface area contributed by atoms with E-state index in [-0.39, 0.29) is 6.54 Å². The molecule has 4 heteroatoms. The van der Waals surface area contributed by atoms with Crippen molar-refractivity contribution >= 4 is 11.6 Å². The molecule has 0 aromatic heterocycles. The van der Waals surface area contributed by atoms with Crippen LogP contribution >= 0.6 is 0 Å². The van der Waals surface area contributed by atoms with Crippen molar-refractivity contribution in [2.24, 2.45) is 0 Å². The van der Waals surface area contributed by atoms with E-state index in [0.29, 0.717) is 5.69 Å². The maximum atomic E-state index is 12.3. The highest BCUT2D eigenvalue weighted by atomic mass is 19.3. The second-order valence-corrected chi connectivity index (χ2v) is 3.22. The van der Waals surface area contributed by atoms with Crippen LogP contribution in [-0.4, -0.2) is 18.9 Å². The first-order chi connectivity index (χ1) is 7.06. The van der Waals surface area contributed by atoms with Crippen LogP contribution in [0.3, 0.4) is 0 Å². The molecule has 15 heavy (non-hydrogen) atoms. The smallest absolute Gasteiger partial charge is 0.308 e. The molecule has 1 amide bonds. The maximum absolute atomic E-state index is 12.3. The monoisotopic (exact) mass is 213 g/mol. The molecule has 2 nitrogen and oxygen atoms in total. The minimum atomic E-state index is -2.95. The summed E-state index contributed by atoms with van der Waals surface area (Å²) < 4.78 is 24.5. The van der Waals surface area contributed by atoms with Gasteiger partial charge in [-0.15, -0.1) is 0 Å². The van der Waals surface area contributed by atoms with Gasteiger partial charge in [-0.05, 0) is 31.5 Å². The summed E-state index contributed by atoms with van der Waals surface area (Å²) in [5.41, 5.74) is 1.45. The van der Waals surface area contributed by atoms with Crippen LogP contribution in [-0.2, 0) is 4.79 Å². The summed E-state index contributed by atoms with van der Waals surface area (Å²) in [7, 11) is 0. The normalized spacial score (nSPS) is 10.5. The molecule has 1 aromatic rings. The highest BCUT2D eigenvalue weighted by molar-refractivity contribution is 5.95. The van der Waals surface area contributed by atoms with Crippen LogP contribution in [0.5, 0.6) is 0 Å². The molecule has 0 spiro atoms. The minimum absolute atomic E-state index is 0.243. The Morgan fingerprint density at radius 3 is 2.60 bits per heavy atom. The summed E-state index contributed by atoms with van der Waals surface area (Å²) in [6.07, 6.45) is -2.95. The lowest BCUT2D eigenvalue weighted by Gasteiger charge is -2.20. The van der Waals surface area contributed by atoms with Crippen molar-refractivity contribution in [2.75, 3.05) is 11.4 Å². The number of amides is 1. The number of rotatable bonds is 3. The van der Waals surface area contributed by atoms with Gasteiger partial charge in [0.2, 0.25) is 0 Å². The number of anilines is 1. The lowest BCUT2D eigenvalue weighted by Crippen LogP contribution is -2.35. The van der Waals surface area contributed by atoms with Crippen molar-refractivity contribution in [1.29, 1.82) is 0 Å². The molecule has 0 saturated heterocycles. The Morgan fingerprint density at radius 2 is 2.13 bits per heavy atom. The molecule has 0 aliphatic rings. The van der Waals surface area contributed by atoms with Crippen LogP contribution in [0.1, 0.15) is 12.5 Å². The maximum Gasteiger partial charge on any atom is 0.316 e. The second-order valence-electron chi connectivity index (χ2n) is 3.22. The van der Waals surface area contributed by atoms with Crippen molar-refractivity contribution in [1.82, 2.24) is 0 Å². The molecule has 82 valence electrons. The van der Waals surface area contributed by atoms with Crippen LogP contribution in [0.25, 0.3) is 0 Å². The largest absolute Gasteiger partial charge is 0.316 e. The predicted octanol–water partition coefficient (Wildman–Crippen LogP) is 2.61. The van der Waals surface area contributed by atoms with E-state index in [1.165, 1.54) is 0 Å². The lowest BCUT2D eigenvalue weighted by atomic mass is 10.2. The van der Waals surface area contributed by atoms with Crippen molar-refractivity contribution < 1.29 is 13.6 Å². The van der Waals surface area contributed by atoms with E-state index in [2.05, 4.69) is 0 Å². The Hall–Kier alpha value is -1.45. The number of carbonyl (C=O) groups is 1. The summed E-state index contributed by atoms with van der Waals surface area (Å²) >= 11 is 0. The Bertz CT molecular complexity index is 352. The standard InChI is InChI=1S/C11H13F2NO/c1-3-14(11(15)10(12)13)9-6-4-5-8(2)7-9/h4-7,10H,3H2,1-2H3. The molecule has 0 heterocycles. The number of hydrogen-bond donors (Lipinski definition) is 0. The third-order valence-corrected chi connectivity index (χ3v) is 2.08. The fraction of sp³-hybridized carbons (Fsp3) is 0.364. The Labute approximate surface area is 87.5 Å². The van der Waals surface area contributed by atoms with Gasteiger partial charge in [0.25, 0.3) is 5.91 Å². The molecule has 0 radical (unpaired) electrons. The van der Waals surface area contributed by atoms with E-state index in [4.69, 9.17) is 0 Å². The molecule has 0 saturated carbocycles. The van der Waals surface area contributed by atoms with Gasteiger partial charge in [-0.2, -0.15) is 8.78 Å². The van der Waals surface area contributed by atoms with Crippen LogP contribution in [0.4, 0.5) is 14.5 Å². The molecule has 1 rings (SSSR count). The molecule has 0 aliphatic heterocycles. The third kappa shape index (κ3) is 2.75. The Morgan fingerprint density at radius 1 is 1.47 bits per heavy atom. The zero-order chi connectivity index (χ0) is 11.4. The summed E-state index contributed by atoms with van der Waals surface area (Å²) in [5, 5.41) is 0. The molecule has 0 unspecified atom stereocenters. The van der Waals surface area contributed by atoms with Crippen LogP contribution in [0, 0.1) is 6.92 Å². The van der Waals surface area contributed by atoms with Gasteiger partial charge in [0.1, 0.15) is 0 Å². The Balaban J connectivity index is 2.97. The topological polar surface area (TPSA) is 20.3 Å². The van der Waals surface area contributed by atoms with Gasteiger partial charge >= 0.3 is 6.43 Å². The summed E-state index contributed by atoms with van der Waals surface area (Å²) in [6, 6.07) is 6.96. The van der Waals surface area contributed by atoms with Gasteiger partial charge in [0.05, 0.1) is 0 Å². The fourth-order valence-electron chi connectivity index (χ4n) is 1.38. The summed E-state index contributed by atoms with van der Waals surface area (Å²) in [4.78, 5) is 12.2. The van der Waals surface area contributed by atoms with E-state index in [1.54, 1.807) is 25.1 Å². The number of alkyl halides is 2. The van der Waals surface area contributed by atoms with Crippen molar-refractivity contribution in [2.45, 2.75) is 20.3 Å². The molecule has 0 atom stereocenters. The molecule has 0 N–H and O–H groups in total. The Kier molecular flexibility index (Phi) is 3.77. The van der Waals surface area contributed by atoms with Crippen LogP contribution in [0.15, 0.2) is 24.3 Å². The van der Waals surface area contributed by atoms with Gasteiger partial charge in [0.15, 0.2) is 0 Å². The van der Waals surface area contributed by atoms with Crippen molar-refractivity contribution in [3.05, 3.63) is 29.8 Å². The lowest BCUT2D eigenvalue weighted by molar-refractivity contribution is -0.128. The number of benzene rings is 1.